The zero-order valence-electron chi connectivity index (χ0n) is 73.2. The van der Waals surface area contributed by atoms with Gasteiger partial charge in [0.15, 0.2) is 0 Å². The lowest BCUT2D eigenvalue weighted by Gasteiger charge is -2.46. The summed E-state index contributed by atoms with van der Waals surface area (Å²) in [6.07, 6.45) is -0.261. The maximum Gasteiger partial charge on any atom is 0.252 e. The molecule has 4 heterocycles. The highest BCUT2D eigenvalue weighted by atomic mass is 15.2. The van der Waals surface area contributed by atoms with E-state index in [9.17, 15) is 2.74 Å². The van der Waals surface area contributed by atoms with Gasteiger partial charge in [0.25, 0.3) is 6.71 Å². The first-order chi connectivity index (χ1) is 54.7. The van der Waals surface area contributed by atoms with Crippen LogP contribution >= 0.6 is 0 Å². The van der Waals surface area contributed by atoms with E-state index >= 15 is 0 Å². The molecule has 0 aliphatic carbocycles. The summed E-state index contributed by atoms with van der Waals surface area (Å²) < 4.78 is 27.1. The highest BCUT2D eigenvalue weighted by molar-refractivity contribution is 7.00. The summed E-state index contributed by atoms with van der Waals surface area (Å²) in [5.41, 5.74) is 31.7. The Labute approximate surface area is 682 Å². The molecular weight excluding hydrogens is 1380 g/mol. The minimum Gasteiger partial charge on any atom is -0.311 e. The van der Waals surface area contributed by atoms with Crippen LogP contribution in [0.25, 0.3) is 99.5 Å². The monoisotopic (exact) mass is 1490 g/mol. The van der Waals surface area contributed by atoms with E-state index in [0.29, 0.717) is 5.56 Å². The molecule has 0 unspecified atom stereocenters. The van der Waals surface area contributed by atoms with Gasteiger partial charge < -0.3 is 18.9 Å². The maximum absolute atomic E-state index is 11.1. The van der Waals surface area contributed by atoms with Gasteiger partial charge >= 0.3 is 0 Å². The minimum atomic E-state index is -1.90. The second-order valence-electron chi connectivity index (χ2n) is 40.5. The number of benzene rings is 13. The normalized spacial score (nSPS) is 13.9. The lowest BCUT2D eigenvalue weighted by Crippen LogP contribution is -2.61. The Bertz CT molecular complexity index is 5960. The van der Waals surface area contributed by atoms with Crippen LogP contribution in [-0.4, -0.2) is 15.8 Å². The molecule has 114 heavy (non-hydrogen) atoms. The summed E-state index contributed by atoms with van der Waals surface area (Å²) in [5.74, 6) is 0. The van der Waals surface area contributed by atoms with Crippen LogP contribution in [-0.2, 0) is 40.9 Å². The molecule has 2 aromatic heterocycles. The molecule has 0 radical (unpaired) electrons. The third-order valence-corrected chi connectivity index (χ3v) is 23.8. The predicted octanol–water partition coefficient (Wildman–Crippen LogP) is 28.6. The minimum absolute atomic E-state index is 0.0953. The van der Waals surface area contributed by atoms with Crippen molar-refractivity contribution in [2.24, 2.45) is 16.2 Å². The molecule has 5 heteroatoms. The summed E-state index contributed by atoms with van der Waals surface area (Å²) in [7, 11) is 0. The topological polar surface area (TPSA) is 16.3 Å². The van der Waals surface area contributed by atoms with Gasteiger partial charge in [0.1, 0.15) is 0 Å². The summed E-state index contributed by atoms with van der Waals surface area (Å²) in [6, 6.07) is 102. The molecule has 0 fully saturated rings. The van der Waals surface area contributed by atoms with Gasteiger partial charge in [-0.3, -0.25) is 0 Å². The number of aromatic nitrogens is 2. The standard InChI is InChI=1S/C109H113BN4/c1-103(2,3)66-69-54-100-102-101(55-69)114(97-65-87(71-35-31-39-77(57-71)107(13,14)15)75(68-105(7,8)9)61-89(97)73-37-33-41-79(59-73)109(19,20)21)99-63-81(112-94-48-28-24-44-84(94)85-45-25-29-49-95(85)112)51-53-91(99)110(102)90-52-50-80(111-92-46-26-22-42-82(92)83-43-23-27-47-93(83)111)62-98(90)113(100)96-64-86(70-34-30-38-76(56-70)106(10,11)12)74(67-104(4,5)6)60-88(96)72-36-32-40-78(58-72)108(16,17)18/h22-65H,66-68H2,1-21H3/i66D2. The van der Waals surface area contributed by atoms with Crippen molar-refractivity contribution in [3.8, 4) is 55.9 Å². The van der Waals surface area contributed by atoms with Gasteiger partial charge in [-0.1, -0.05) is 327 Å². The SMILES string of the molecule is [2H]C([2H])(c1cc2c3c(c1)N(c1cc(-c4cccc(C(C)(C)C)c4)c(CC(C)(C)C)cc1-c1cccc(C(C)(C)C)c1)c1cc(-n4c5ccccc5c5ccccc54)ccc1B3c1ccc(-n3c4ccccc4c4ccccc43)cc1N2c1cc(-c2cccc(C(C)(C)C)c2)c(CC(C)(C)C)cc1-c1cccc(C(C)(C)C)c1)C(C)(C)C. The number of anilines is 6. The molecule has 0 atom stereocenters. The number of para-hydroxylation sites is 4. The molecule has 15 aromatic rings. The van der Waals surface area contributed by atoms with E-state index in [1.165, 1.54) is 77.2 Å². The van der Waals surface area contributed by atoms with Crippen LogP contribution in [0, 0.1) is 16.2 Å². The first kappa shape index (κ1) is 73.3. The molecule has 0 bridgehead atoms. The van der Waals surface area contributed by atoms with Crippen molar-refractivity contribution in [3.63, 3.8) is 0 Å². The van der Waals surface area contributed by atoms with E-state index in [2.05, 4.69) is 431 Å². The Hall–Kier alpha value is -10.9. The molecule has 0 saturated carbocycles. The van der Waals surface area contributed by atoms with Crippen LogP contribution in [0.5, 0.6) is 0 Å². The van der Waals surface area contributed by atoms with Crippen LogP contribution in [0.3, 0.4) is 0 Å². The van der Waals surface area contributed by atoms with Crippen molar-refractivity contribution in [1.29, 1.82) is 0 Å². The Kier molecular flexibility index (Phi) is 17.6. The molecule has 0 amide bonds. The van der Waals surface area contributed by atoms with Crippen LogP contribution in [0.1, 0.15) is 187 Å². The van der Waals surface area contributed by atoms with Crippen molar-refractivity contribution in [1.82, 2.24) is 9.13 Å². The van der Waals surface area contributed by atoms with Crippen molar-refractivity contribution < 1.29 is 2.74 Å². The molecule has 0 saturated heterocycles. The zero-order valence-corrected chi connectivity index (χ0v) is 71.2. The lowest BCUT2D eigenvalue weighted by atomic mass is 9.33. The largest absolute Gasteiger partial charge is 0.311 e. The average molecular weight is 1490 g/mol. The highest BCUT2D eigenvalue weighted by Crippen LogP contribution is 2.54. The highest BCUT2D eigenvalue weighted by Gasteiger charge is 2.46. The third kappa shape index (κ3) is 13.9. The smallest absolute Gasteiger partial charge is 0.252 e. The number of nitrogens with zero attached hydrogens (tertiary/aromatic N) is 4. The van der Waals surface area contributed by atoms with Gasteiger partial charge in [-0.15, -0.1) is 0 Å². The Morgan fingerprint density at radius 2 is 0.579 bits per heavy atom. The molecule has 2 aliphatic heterocycles. The molecule has 572 valence electrons. The summed E-state index contributed by atoms with van der Waals surface area (Å²) >= 11 is 0. The van der Waals surface area contributed by atoms with E-state index in [0.717, 1.165) is 119 Å². The maximum atomic E-state index is 11.1. The number of fused-ring (bicyclic) bond motifs is 10. The van der Waals surface area contributed by atoms with Crippen LogP contribution in [0.15, 0.2) is 267 Å². The number of hydrogen-bond donors (Lipinski definition) is 0. The van der Waals surface area contributed by atoms with E-state index in [1.54, 1.807) is 0 Å². The fourth-order valence-electron chi connectivity index (χ4n) is 18.4. The molecule has 4 nitrogen and oxygen atoms in total. The number of rotatable bonds is 11. The lowest BCUT2D eigenvalue weighted by molar-refractivity contribution is 0.411. The van der Waals surface area contributed by atoms with Gasteiger partial charge in [-0.25, -0.2) is 0 Å². The third-order valence-electron chi connectivity index (χ3n) is 23.8. The first-order valence-corrected chi connectivity index (χ1v) is 41.5. The summed E-state index contributed by atoms with van der Waals surface area (Å²) in [4.78, 5) is 5.25. The predicted molar refractivity (Wildman–Crippen MR) is 495 cm³/mol. The van der Waals surface area contributed by atoms with E-state index in [4.69, 9.17) is 0 Å². The van der Waals surface area contributed by atoms with Crippen molar-refractivity contribution >= 4 is 101 Å². The van der Waals surface area contributed by atoms with Crippen LogP contribution in [0.2, 0.25) is 0 Å². The second kappa shape index (κ2) is 27.4. The Morgan fingerprint density at radius 3 is 0.877 bits per heavy atom. The van der Waals surface area contributed by atoms with Crippen LogP contribution in [0.4, 0.5) is 34.1 Å². The van der Waals surface area contributed by atoms with Crippen LogP contribution < -0.4 is 26.2 Å². The van der Waals surface area contributed by atoms with Crippen molar-refractivity contribution in [2.75, 3.05) is 9.80 Å². The first-order valence-electron chi connectivity index (χ1n) is 42.5. The molecule has 17 rings (SSSR count). The zero-order chi connectivity index (χ0) is 82.0. The average Bonchev–Trinajstić information content (AvgIpc) is 0.724. The van der Waals surface area contributed by atoms with Gasteiger partial charge in [-0.05, 0) is 231 Å². The number of hydrogen-bond acceptors (Lipinski definition) is 2. The quantitative estimate of drug-likeness (QED) is 0.120. The molecule has 2 aliphatic rings. The van der Waals surface area contributed by atoms with Crippen molar-refractivity contribution in [2.45, 2.75) is 186 Å². The van der Waals surface area contributed by atoms with E-state index in [1.807, 2.05) is 0 Å². The molecule has 13 aromatic carbocycles. The fraction of sp³-hybridized carbons (Fsp3) is 0.284. The summed E-state index contributed by atoms with van der Waals surface area (Å²) in [6.45, 7) is 48.0. The van der Waals surface area contributed by atoms with E-state index in [-0.39, 0.29) is 39.2 Å². The van der Waals surface area contributed by atoms with Gasteiger partial charge in [-0.2, -0.15) is 0 Å². The van der Waals surface area contributed by atoms with Gasteiger partial charge in [0.05, 0.1) is 33.4 Å². The summed E-state index contributed by atoms with van der Waals surface area (Å²) in [5, 5.41) is 4.78. The second-order valence-corrected chi connectivity index (χ2v) is 40.5. The Morgan fingerprint density at radius 1 is 0.272 bits per heavy atom. The molecule has 0 N–H and O–H groups in total. The van der Waals surface area contributed by atoms with Gasteiger partial charge in [0.2, 0.25) is 0 Å². The fourth-order valence-corrected chi connectivity index (χ4v) is 18.4. The van der Waals surface area contributed by atoms with E-state index < -0.39 is 11.8 Å². The van der Waals surface area contributed by atoms with Gasteiger partial charge in [0, 0.05) is 69.5 Å². The molecular formula is C109H113BN4. The van der Waals surface area contributed by atoms with Crippen molar-refractivity contribution in [3.05, 3.63) is 306 Å². The Balaban J connectivity index is 1.09. The molecule has 0 spiro atoms.